The molecule has 0 aliphatic carbocycles. The Balaban J connectivity index is 1.35. The molecule has 2 saturated heterocycles. The number of nitrogens with zero attached hydrogens (tertiary/aromatic N) is 2. The number of anilines is 1. The predicted octanol–water partition coefficient (Wildman–Crippen LogP) is 3.28. The van der Waals surface area contributed by atoms with E-state index in [0.29, 0.717) is 13.1 Å². The zero-order valence-corrected chi connectivity index (χ0v) is 17.5. The third-order valence-corrected chi connectivity index (χ3v) is 5.94. The fraction of sp³-hybridized carbons (Fsp3) is 0.417. The summed E-state index contributed by atoms with van der Waals surface area (Å²) in [6.45, 7) is 4.08. The van der Waals surface area contributed by atoms with E-state index in [1.54, 1.807) is 12.0 Å². The number of hydrogen-bond acceptors (Lipinski definition) is 4. The summed E-state index contributed by atoms with van der Waals surface area (Å²) in [5.41, 5.74) is 2.95. The van der Waals surface area contributed by atoms with Crippen molar-refractivity contribution in [3.63, 3.8) is 0 Å². The number of benzene rings is 2. The molecule has 1 unspecified atom stereocenters. The summed E-state index contributed by atoms with van der Waals surface area (Å²) >= 11 is 0. The first-order chi connectivity index (χ1) is 14.6. The highest BCUT2D eigenvalue weighted by Crippen LogP contribution is 2.26. The van der Waals surface area contributed by atoms with Crippen LogP contribution in [0.4, 0.5) is 5.69 Å². The van der Waals surface area contributed by atoms with Gasteiger partial charge in [-0.3, -0.25) is 14.5 Å². The van der Waals surface area contributed by atoms with Crippen molar-refractivity contribution in [2.24, 2.45) is 5.92 Å². The molecule has 6 heteroatoms. The monoisotopic (exact) mass is 407 g/mol. The van der Waals surface area contributed by atoms with Gasteiger partial charge in [0, 0.05) is 37.3 Å². The van der Waals surface area contributed by atoms with Crippen LogP contribution in [0.15, 0.2) is 48.5 Å². The zero-order chi connectivity index (χ0) is 20.9. The van der Waals surface area contributed by atoms with Crippen molar-refractivity contribution in [3.05, 3.63) is 59.7 Å². The maximum Gasteiger partial charge on any atom is 0.229 e. The molecule has 1 atom stereocenters. The summed E-state index contributed by atoms with van der Waals surface area (Å²) in [7, 11) is 1.62. The van der Waals surface area contributed by atoms with Gasteiger partial charge in [-0.25, -0.2) is 0 Å². The Labute approximate surface area is 177 Å². The molecule has 158 valence electrons. The van der Waals surface area contributed by atoms with Gasteiger partial charge < -0.3 is 15.0 Å². The molecule has 4 rings (SSSR count). The number of nitrogens with one attached hydrogen (secondary N) is 1. The molecule has 2 heterocycles. The van der Waals surface area contributed by atoms with E-state index in [4.69, 9.17) is 4.74 Å². The summed E-state index contributed by atoms with van der Waals surface area (Å²) in [5, 5.41) is 3.02. The van der Waals surface area contributed by atoms with Gasteiger partial charge in [-0.2, -0.15) is 0 Å². The van der Waals surface area contributed by atoms with Gasteiger partial charge in [-0.05, 0) is 49.7 Å². The van der Waals surface area contributed by atoms with E-state index < -0.39 is 0 Å². The number of methoxy groups -OCH3 is 1. The molecule has 2 aromatic carbocycles. The second-order valence-corrected chi connectivity index (χ2v) is 8.16. The van der Waals surface area contributed by atoms with Crippen molar-refractivity contribution in [1.82, 2.24) is 9.80 Å². The second-order valence-electron chi connectivity index (χ2n) is 8.16. The average Bonchev–Trinajstić information content (AvgIpc) is 3.39. The lowest BCUT2D eigenvalue weighted by atomic mass is 10.1. The van der Waals surface area contributed by atoms with Crippen LogP contribution < -0.4 is 10.1 Å². The van der Waals surface area contributed by atoms with Crippen molar-refractivity contribution in [2.75, 3.05) is 32.1 Å². The molecule has 6 nitrogen and oxygen atoms in total. The topological polar surface area (TPSA) is 61.9 Å². The number of hydrogen-bond donors (Lipinski definition) is 1. The summed E-state index contributed by atoms with van der Waals surface area (Å²) in [6.07, 6.45) is 2.77. The molecule has 1 N–H and O–H groups in total. The van der Waals surface area contributed by atoms with Crippen LogP contribution in [-0.2, 0) is 22.7 Å². The lowest BCUT2D eigenvalue weighted by Gasteiger charge is -2.18. The van der Waals surface area contributed by atoms with Gasteiger partial charge >= 0.3 is 0 Å². The Kier molecular flexibility index (Phi) is 6.33. The first-order valence-electron chi connectivity index (χ1n) is 10.6. The highest BCUT2D eigenvalue weighted by Gasteiger charge is 2.34. The third kappa shape index (κ3) is 4.82. The smallest absolute Gasteiger partial charge is 0.229 e. The largest absolute Gasteiger partial charge is 0.496 e. The molecular formula is C24H29N3O3. The number of carbonyl (C=O) groups is 2. The van der Waals surface area contributed by atoms with Crippen molar-refractivity contribution >= 4 is 17.5 Å². The molecule has 0 spiro atoms. The standard InChI is InChI=1S/C24H29N3O3/c1-30-22-10-3-2-8-19(22)16-27-17-20(14-23(27)28)24(29)25-21-9-6-7-18(13-21)15-26-11-4-5-12-26/h2-3,6-10,13,20H,4-5,11-12,14-17H2,1H3,(H,25,29). The summed E-state index contributed by atoms with van der Waals surface area (Å²) in [5.74, 6) is 0.329. The van der Waals surface area contributed by atoms with Crippen LogP contribution in [0.25, 0.3) is 0 Å². The molecule has 0 radical (unpaired) electrons. The lowest BCUT2D eigenvalue weighted by Crippen LogP contribution is -2.28. The summed E-state index contributed by atoms with van der Waals surface area (Å²) in [4.78, 5) is 29.5. The molecule has 2 aliphatic rings. The molecule has 2 aromatic rings. The zero-order valence-electron chi connectivity index (χ0n) is 17.5. The lowest BCUT2D eigenvalue weighted by molar-refractivity contribution is -0.128. The van der Waals surface area contributed by atoms with Gasteiger partial charge in [0.2, 0.25) is 11.8 Å². The van der Waals surface area contributed by atoms with Crippen molar-refractivity contribution < 1.29 is 14.3 Å². The van der Waals surface area contributed by atoms with Crippen LogP contribution in [0.2, 0.25) is 0 Å². The van der Waals surface area contributed by atoms with Crippen LogP contribution in [-0.4, -0.2) is 48.4 Å². The minimum atomic E-state index is -0.338. The number of likely N-dealkylation sites (tertiary alicyclic amines) is 2. The highest BCUT2D eigenvalue weighted by atomic mass is 16.5. The quantitative estimate of drug-likeness (QED) is 0.765. The van der Waals surface area contributed by atoms with E-state index in [1.807, 2.05) is 42.5 Å². The number of ether oxygens (including phenoxy) is 1. The van der Waals surface area contributed by atoms with Crippen LogP contribution in [0.5, 0.6) is 5.75 Å². The fourth-order valence-electron chi connectivity index (χ4n) is 4.33. The van der Waals surface area contributed by atoms with Crippen molar-refractivity contribution in [2.45, 2.75) is 32.4 Å². The van der Waals surface area contributed by atoms with E-state index >= 15 is 0 Å². The van der Waals surface area contributed by atoms with Crippen LogP contribution in [0.1, 0.15) is 30.4 Å². The molecule has 0 bridgehead atoms. The molecule has 2 aliphatic heterocycles. The van der Waals surface area contributed by atoms with Gasteiger partial charge in [0.15, 0.2) is 0 Å². The average molecular weight is 408 g/mol. The van der Waals surface area contributed by atoms with E-state index in [0.717, 1.165) is 36.6 Å². The van der Waals surface area contributed by atoms with E-state index in [9.17, 15) is 9.59 Å². The minimum Gasteiger partial charge on any atom is -0.496 e. The number of rotatable bonds is 7. The molecule has 2 amide bonds. The molecule has 0 saturated carbocycles. The van der Waals surface area contributed by atoms with Gasteiger partial charge in [0.25, 0.3) is 0 Å². The molecule has 2 fully saturated rings. The third-order valence-electron chi connectivity index (χ3n) is 5.94. The van der Waals surface area contributed by atoms with E-state index in [-0.39, 0.29) is 24.2 Å². The second kappa shape index (κ2) is 9.30. The first kappa shape index (κ1) is 20.4. The van der Waals surface area contributed by atoms with Crippen molar-refractivity contribution in [1.29, 1.82) is 0 Å². The SMILES string of the molecule is COc1ccccc1CN1CC(C(=O)Nc2cccc(CN3CCCC3)c2)CC1=O. The molecule has 30 heavy (non-hydrogen) atoms. The van der Waals surface area contributed by atoms with Crippen LogP contribution >= 0.6 is 0 Å². The van der Waals surface area contributed by atoms with Gasteiger partial charge in [0.1, 0.15) is 5.75 Å². The van der Waals surface area contributed by atoms with E-state index in [2.05, 4.69) is 16.3 Å². The molecule has 0 aromatic heterocycles. The predicted molar refractivity (Wildman–Crippen MR) is 116 cm³/mol. The number of carbonyl (C=O) groups excluding carboxylic acids is 2. The van der Waals surface area contributed by atoms with Crippen molar-refractivity contribution in [3.8, 4) is 5.75 Å². The Bertz CT molecular complexity index is 908. The first-order valence-corrected chi connectivity index (χ1v) is 10.6. The Morgan fingerprint density at radius 1 is 1.10 bits per heavy atom. The number of amides is 2. The van der Waals surface area contributed by atoms with Gasteiger partial charge in [0.05, 0.1) is 13.0 Å². The van der Waals surface area contributed by atoms with E-state index in [1.165, 1.54) is 18.4 Å². The van der Waals surface area contributed by atoms with Crippen LogP contribution in [0.3, 0.4) is 0 Å². The summed E-state index contributed by atoms with van der Waals surface area (Å²) < 4.78 is 5.38. The maximum absolute atomic E-state index is 12.8. The fourth-order valence-corrected chi connectivity index (χ4v) is 4.33. The Morgan fingerprint density at radius 3 is 2.70 bits per heavy atom. The highest BCUT2D eigenvalue weighted by molar-refractivity contribution is 5.97. The molecular weight excluding hydrogens is 378 g/mol. The summed E-state index contributed by atoms with van der Waals surface area (Å²) in [6, 6.07) is 15.7. The maximum atomic E-state index is 12.8. The minimum absolute atomic E-state index is 0.00356. The van der Waals surface area contributed by atoms with Gasteiger partial charge in [-0.1, -0.05) is 30.3 Å². The number of para-hydroxylation sites is 1. The Hall–Kier alpha value is -2.86. The van der Waals surface area contributed by atoms with Gasteiger partial charge in [-0.15, -0.1) is 0 Å². The normalized spacial score (nSPS) is 19.3. The Morgan fingerprint density at radius 2 is 1.90 bits per heavy atom. The van der Waals surface area contributed by atoms with Crippen LogP contribution in [0, 0.1) is 5.92 Å².